The van der Waals surface area contributed by atoms with E-state index in [2.05, 4.69) is 12.5 Å². The Bertz CT molecular complexity index is 1220. The van der Waals surface area contributed by atoms with Crippen LogP contribution in [0.25, 0.3) is 0 Å². The van der Waals surface area contributed by atoms with Crippen LogP contribution in [-0.4, -0.2) is 139 Å². The lowest BCUT2D eigenvalue weighted by molar-refractivity contribution is -0.330. The first-order valence-electron chi connectivity index (χ1n) is 10.0. The molecule has 0 aliphatic carbocycles. The van der Waals surface area contributed by atoms with Crippen molar-refractivity contribution in [3.05, 3.63) is 0 Å². The quantitative estimate of drug-likeness (QED) is 0.0978. The van der Waals surface area contributed by atoms with E-state index in [4.69, 9.17) is 23.3 Å². The summed E-state index contributed by atoms with van der Waals surface area (Å²) in [7, 11) is -16.3. The number of hydrogen-bond acceptors (Lipinski definition) is 17. The van der Waals surface area contributed by atoms with Gasteiger partial charge in [-0.05, 0) is 0 Å². The standard InChI is InChI=1S/C14H23NO21S3/c1-3(16)15-5-9(8(35-38(25,26)27)4(32-13(5)21)2-31-37(22,23)24)33-14-11(36-39(28,29)30)7(18)6(17)10(34-14)12(19)20/h4-11,13-14,17-18,21H,2H2,1H3,(H,15,16)(H,19,20)(H,22,23,24)(H,25,26,27)(H,28,29,30)/t4?,5?,6-,7-,8-,9+,10?,11?,13+,14+/m0/s1. The van der Waals surface area contributed by atoms with Gasteiger partial charge in [-0.2, -0.15) is 25.3 Å². The zero-order valence-electron chi connectivity index (χ0n) is 19.1. The number of nitrogens with one attached hydrogen (secondary N) is 1. The van der Waals surface area contributed by atoms with Crippen LogP contribution in [0, 0.1) is 0 Å². The monoisotopic (exact) mass is 637 g/mol. The number of aliphatic hydroxyl groups is 3. The summed E-state index contributed by atoms with van der Waals surface area (Å²) in [6.07, 6.45) is -21.5. The van der Waals surface area contributed by atoms with Gasteiger partial charge in [0.2, 0.25) is 5.91 Å². The van der Waals surface area contributed by atoms with Gasteiger partial charge < -0.3 is 40.0 Å². The fraction of sp³-hybridized carbons (Fsp3) is 0.857. The minimum Gasteiger partial charge on any atom is -0.479 e. The molecule has 0 spiro atoms. The highest BCUT2D eigenvalue weighted by Gasteiger charge is 2.55. The highest BCUT2D eigenvalue weighted by atomic mass is 32.3. The number of carboxylic acid groups (broad SMARTS) is 1. The van der Waals surface area contributed by atoms with Crippen molar-refractivity contribution in [1.82, 2.24) is 5.32 Å². The zero-order chi connectivity index (χ0) is 30.1. The second-order valence-electron chi connectivity index (χ2n) is 7.83. The van der Waals surface area contributed by atoms with Crippen LogP contribution >= 0.6 is 0 Å². The normalized spacial score (nSPS) is 36.3. The van der Waals surface area contributed by atoms with Crippen molar-refractivity contribution in [3.63, 3.8) is 0 Å². The molecule has 2 rings (SSSR count). The molecule has 0 aromatic carbocycles. The smallest absolute Gasteiger partial charge is 0.397 e. The second kappa shape index (κ2) is 12.4. The second-order valence-corrected chi connectivity index (χ2v) is 11.0. The molecule has 25 heteroatoms. The largest absolute Gasteiger partial charge is 0.479 e. The van der Waals surface area contributed by atoms with E-state index in [-0.39, 0.29) is 0 Å². The van der Waals surface area contributed by atoms with Crippen molar-refractivity contribution < 1.29 is 95.7 Å². The number of carboxylic acids is 1. The number of aliphatic carboxylic acids is 1. The van der Waals surface area contributed by atoms with Gasteiger partial charge in [0.25, 0.3) is 0 Å². The van der Waals surface area contributed by atoms with E-state index >= 15 is 0 Å². The Labute approximate surface area is 219 Å². The molecule has 0 saturated carbocycles. The first-order valence-corrected chi connectivity index (χ1v) is 14.1. The lowest BCUT2D eigenvalue weighted by Gasteiger charge is -2.47. The maximum absolute atomic E-state index is 11.7. The van der Waals surface area contributed by atoms with Crippen LogP contribution in [0.3, 0.4) is 0 Å². The van der Waals surface area contributed by atoms with E-state index in [0.717, 1.165) is 6.92 Å². The van der Waals surface area contributed by atoms with Crippen molar-refractivity contribution in [1.29, 1.82) is 0 Å². The number of carbonyl (C=O) groups is 2. The SMILES string of the molecule is CC(=O)NC1[C@H](O)OC(COS(=O)(=O)O)[C@H](OS(=O)(=O)O)[C@@H]1O[C@@H]1OC(C(=O)O)[C@@H](O)[C@H](O)C1OS(=O)(=O)O. The Morgan fingerprint density at radius 2 is 1.36 bits per heavy atom. The molecule has 4 unspecified atom stereocenters. The third-order valence-electron chi connectivity index (χ3n) is 4.96. The number of amides is 1. The Hall–Kier alpha value is -1.69. The van der Waals surface area contributed by atoms with Crippen molar-refractivity contribution in [3.8, 4) is 0 Å². The van der Waals surface area contributed by atoms with E-state index in [1.807, 2.05) is 5.32 Å². The van der Waals surface area contributed by atoms with Crippen LogP contribution < -0.4 is 5.32 Å². The average molecular weight is 638 g/mol. The van der Waals surface area contributed by atoms with Crippen molar-refractivity contribution in [2.75, 3.05) is 6.61 Å². The van der Waals surface area contributed by atoms with E-state index in [1.54, 1.807) is 0 Å². The Kier molecular flexibility index (Phi) is 10.7. The molecule has 2 saturated heterocycles. The zero-order valence-corrected chi connectivity index (χ0v) is 21.5. The van der Waals surface area contributed by atoms with Crippen LogP contribution in [0.4, 0.5) is 0 Å². The third kappa shape index (κ3) is 9.72. The summed E-state index contributed by atoms with van der Waals surface area (Å²) in [5.74, 6) is -2.94. The van der Waals surface area contributed by atoms with Gasteiger partial charge in [0, 0.05) is 6.92 Å². The molecule has 2 aliphatic rings. The third-order valence-corrected chi connectivity index (χ3v) is 6.33. The van der Waals surface area contributed by atoms with Crippen molar-refractivity contribution in [2.45, 2.75) is 68.3 Å². The number of hydrogen-bond donors (Lipinski definition) is 8. The molecule has 0 aromatic heterocycles. The summed E-state index contributed by atoms with van der Waals surface area (Å²) < 4.78 is 123. The highest BCUT2D eigenvalue weighted by molar-refractivity contribution is 7.81. The molecule has 2 heterocycles. The van der Waals surface area contributed by atoms with Gasteiger partial charge in [-0.15, -0.1) is 0 Å². The van der Waals surface area contributed by atoms with Crippen LogP contribution in [0.1, 0.15) is 6.92 Å². The molecular formula is C14H23NO21S3. The van der Waals surface area contributed by atoms with E-state index in [9.17, 15) is 59.8 Å². The Morgan fingerprint density at radius 1 is 0.821 bits per heavy atom. The Morgan fingerprint density at radius 3 is 1.82 bits per heavy atom. The lowest BCUT2D eigenvalue weighted by atomic mass is 9.95. The topological polar surface area (TPSA) is 346 Å². The van der Waals surface area contributed by atoms with Gasteiger partial charge in [0.15, 0.2) is 24.8 Å². The lowest BCUT2D eigenvalue weighted by Crippen LogP contribution is -2.68. The summed E-state index contributed by atoms with van der Waals surface area (Å²) in [5, 5.41) is 41.9. The predicted molar refractivity (Wildman–Crippen MR) is 112 cm³/mol. The van der Waals surface area contributed by atoms with Gasteiger partial charge in [-0.3, -0.25) is 18.5 Å². The number of aliphatic hydroxyl groups excluding tert-OH is 3. The fourth-order valence-corrected chi connectivity index (χ4v) is 4.87. The van der Waals surface area contributed by atoms with Crippen LogP contribution in [0.15, 0.2) is 0 Å². The molecule has 22 nitrogen and oxygen atoms in total. The predicted octanol–water partition coefficient (Wildman–Crippen LogP) is -5.68. The minimum atomic E-state index is -5.55. The highest BCUT2D eigenvalue weighted by Crippen LogP contribution is 2.32. The summed E-state index contributed by atoms with van der Waals surface area (Å²) in [6, 6.07) is -1.99. The number of carbonyl (C=O) groups excluding carboxylic acids is 1. The molecule has 0 aromatic rings. The number of rotatable bonds is 11. The maximum Gasteiger partial charge on any atom is 0.397 e. The summed E-state index contributed by atoms with van der Waals surface area (Å²) in [6.45, 7) is -0.504. The summed E-state index contributed by atoms with van der Waals surface area (Å²) >= 11 is 0. The summed E-state index contributed by atoms with van der Waals surface area (Å²) in [5.41, 5.74) is 0. The van der Waals surface area contributed by atoms with Crippen molar-refractivity contribution >= 4 is 43.1 Å². The molecular weight excluding hydrogens is 614 g/mol. The van der Waals surface area contributed by atoms with E-state index in [0.29, 0.717) is 0 Å². The van der Waals surface area contributed by atoms with Gasteiger partial charge >= 0.3 is 37.2 Å². The van der Waals surface area contributed by atoms with Crippen LogP contribution in [-0.2, 0) is 67.5 Å². The molecule has 8 N–H and O–H groups in total. The number of ether oxygens (including phenoxy) is 3. The molecule has 0 bridgehead atoms. The molecule has 39 heavy (non-hydrogen) atoms. The molecule has 2 fully saturated rings. The molecule has 10 atom stereocenters. The first kappa shape index (κ1) is 33.5. The van der Waals surface area contributed by atoms with Gasteiger partial charge in [-0.25, -0.2) is 17.3 Å². The van der Waals surface area contributed by atoms with Gasteiger partial charge in [0.1, 0.15) is 36.6 Å². The van der Waals surface area contributed by atoms with Crippen LogP contribution in [0.2, 0.25) is 0 Å². The molecule has 1 amide bonds. The molecule has 228 valence electrons. The van der Waals surface area contributed by atoms with Gasteiger partial charge in [-0.1, -0.05) is 0 Å². The molecule has 0 radical (unpaired) electrons. The van der Waals surface area contributed by atoms with E-state index < -0.39 is 111 Å². The molecule has 2 aliphatic heterocycles. The summed E-state index contributed by atoms with van der Waals surface area (Å²) in [4.78, 5) is 23.2. The van der Waals surface area contributed by atoms with Gasteiger partial charge in [0.05, 0.1) is 6.61 Å². The van der Waals surface area contributed by atoms with Crippen LogP contribution in [0.5, 0.6) is 0 Å². The first-order chi connectivity index (χ1) is 17.6. The maximum atomic E-state index is 11.7. The minimum absolute atomic E-state index is 0.859. The Balaban J connectivity index is 2.61. The fourth-order valence-electron chi connectivity index (χ4n) is 3.56. The van der Waals surface area contributed by atoms with E-state index in [1.165, 1.54) is 0 Å². The average Bonchev–Trinajstić information content (AvgIpc) is 2.73. The van der Waals surface area contributed by atoms with Crippen molar-refractivity contribution in [2.24, 2.45) is 0 Å².